The van der Waals surface area contributed by atoms with Crippen LogP contribution >= 0.6 is 0 Å². The maximum Gasteiger partial charge on any atom is 0.0594 e. The SMILES string of the molecule is Cc1cccc2c1NC(C)CC2N1CCOCC1. The van der Waals surface area contributed by atoms with Crippen molar-refractivity contribution >= 4 is 5.69 Å². The minimum Gasteiger partial charge on any atom is -0.382 e. The lowest BCUT2D eigenvalue weighted by atomic mass is 9.90. The van der Waals surface area contributed by atoms with Gasteiger partial charge in [0.25, 0.3) is 0 Å². The van der Waals surface area contributed by atoms with Crippen molar-refractivity contribution in [3.63, 3.8) is 0 Å². The molecule has 1 aromatic carbocycles. The van der Waals surface area contributed by atoms with Gasteiger partial charge in [-0.1, -0.05) is 18.2 Å². The monoisotopic (exact) mass is 246 g/mol. The van der Waals surface area contributed by atoms with Crippen LogP contribution in [0.1, 0.15) is 30.5 Å². The number of fused-ring (bicyclic) bond motifs is 1. The maximum absolute atomic E-state index is 5.47. The summed E-state index contributed by atoms with van der Waals surface area (Å²) in [6.07, 6.45) is 1.19. The number of ether oxygens (including phenoxy) is 1. The third-order valence-corrected chi connectivity index (χ3v) is 4.12. The van der Waals surface area contributed by atoms with Crippen LogP contribution in [0.25, 0.3) is 0 Å². The van der Waals surface area contributed by atoms with Crippen molar-refractivity contribution in [2.75, 3.05) is 31.6 Å². The van der Waals surface area contributed by atoms with Crippen LogP contribution in [0.5, 0.6) is 0 Å². The van der Waals surface area contributed by atoms with E-state index in [4.69, 9.17) is 4.74 Å². The molecule has 1 fully saturated rings. The van der Waals surface area contributed by atoms with Crippen LogP contribution in [-0.4, -0.2) is 37.2 Å². The van der Waals surface area contributed by atoms with Crippen LogP contribution in [0.3, 0.4) is 0 Å². The summed E-state index contributed by atoms with van der Waals surface area (Å²) in [7, 11) is 0. The van der Waals surface area contributed by atoms with Gasteiger partial charge in [0, 0.05) is 30.9 Å². The molecule has 2 atom stereocenters. The second-order valence-electron chi connectivity index (χ2n) is 5.48. The largest absolute Gasteiger partial charge is 0.382 e. The molecule has 0 saturated carbocycles. The third-order valence-electron chi connectivity index (χ3n) is 4.12. The first-order valence-corrected chi connectivity index (χ1v) is 6.93. The average molecular weight is 246 g/mol. The van der Waals surface area contributed by atoms with E-state index < -0.39 is 0 Å². The highest BCUT2D eigenvalue weighted by Gasteiger charge is 2.30. The Labute approximate surface area is 109 Å². The molecular formula is C15H22N2O. The number of benzene rings is 1. The van der Waals surface area contributed by atoms with Crippen molar-refractivity contribution in [3.8, 4) is 0 Å². The van der Waals surface area contributed by atoms with E-state index in [2.05, 4.69) is 42.3 Å². The fourth-order valence-corrected chi connectivity index (χ4v) is 3.17. The molecule has 1 aromatic rings. The van der Waals surface area contributed by atoms with Gasteiger partial charge in [0.05, 0.1) is 13.2 Å². The van der Waals surface area contributed by atoms with E-state index in [0.717, 1.165) is 26.3 Å². The fraction of sp³-hybridized carbons (Fsp3) is 0.600. The number of nitrogens with one attached hydrogen (secondary N) is 1. The number of hydrogen-bond donors (Lipinski definition) is 1. The molecule has 18 heavy (non-hydrogen) atoms. The molecule has 98 valence electrons. The van der Waals surface area contributed by atoms with Gasteiger partial charge in [0.15, 0.2) is 0 Å². The standard InChI is InChI=1S/C15H22N2O/c1-11-4-3-5-13-14(10-12(2)16-15(11)13)17-6-8-18-9-7-17/h3-5,12,14,16H,6-10H2,1-2H3. The van der Waals surface area contributed by atoms with Crippen LogP contribution < -0.4 is 5.32 Å². The molecule has 2 heterocycles. The summed E-state index contributed by atoms with van der Waals surface area (Å²) in [5.41, 5.74) is 4.18. The summed E-state index contributed by atoms with van der Waals surface area (Å²) >= 11 is 0. The lowest BCUT2D eigenvalue weighted by Crippen LogP contribution is -2.42. The number of hydrogen-bond acceptors (Lipinski definition) is 3. The van der Waals surface area contributed by atoms with E-state index in [1.54, 1.807) is 0 Å². The Morgan fingerprint density at radius 3 is 2.83 bits per heavy atom. The first-order valence-electron chi connectivity index (χ1n) is 6.93. The van der Waals surface area contributed by atoms with E-state index in [0.29, 0.717) is 12.1 Å². The van der Waals surface area contributed by atoms with Crippen molar-refractivity contribution < 1.29 is 4.74 Å². The normalized spacial score (nSPS) is 28.6. The Balaban J connectivity index is 1.94. The number of rotatable bonds is 1. The van der Waals surface area contributed by atoms with Crippen molar-refractivity contribution in [1.82, 2.24) is 4.90 Å². The summed E-state index contributed by atoms with van der Waals surface area (Å²) in [6, 6.07) is 7.76. The van der Waals surface area contributed by atoms with Gasteiger partial charge < -0.3 is 10.1 Å². The molecule has 2 aliphatic rings. The van der Waals surface area contributed by atoms with Crippen molar-refractivity contribution in [2.24, 2.45) is 0 Å². The Kier molecular flexibility index (Phi) is 3.27. The second-order valence-corrected chi connectivity index (χ2v) is 5.48. The molecule has 1 N–H and O–H groups in total. The van der Waals surface area contributed by atoms with Crippen LogP contribution in [0.4, 0.5) is 5.69 Å². The number of morpholine rings is 1. The fourth-order valence-electron chi connectivity index (χ4n) is 3.17. The lowest BCUT2D eigenvalue weighted by Gasteiger charge is -2.41. The quantitative estimate of drug-likeness (QED) is 0.824. The number of anilines is 1. The molecule has 0 aromatic heterocycles. The molecule has 0 spiro atoms. The van der Waals surface area contributed by atoms with E-state index in [1.807, 2.05) is 0 Å². The summed E-state index contributed by atoms with van der Waals surface area (Å²) in [5, 5.41) is 3.64. The topological polar surface area (TPSA) is 24.5 Å². The highest BCUT2D eigenvalue weighted by molar-refractivity contribution is 5.60. The molecule has 0 radical (unpaired) electrons. The Bertz CT molecular complexity index is 427. The summed E-state index contributed by atoms with van der Waals surface area (Å²) in [4.78, 5) is 2.58. The molecule has 2 unspecified atom stereocenters. The Hall–Kier alpha value is -1.06. The average Bonchev–Trinajstić information content (AvgIpc) is 2.40. The smallest absolute Gasteiger partial charge is 0.0594 e. The first-order chi connectivity index (χ1) is 8.75. The highest BCUT2D eigenvalue weighted by Crippen LogP contribution is 2.38. The summed E-state index contributed by atoms with van der Waals surface area (Å²) < 4.78 is 5.47. The van der Waals surface area contributed by atoms with Gasteiger partial charge in [-0.15, -0.1) is 0 Å². The number of nitrogens with zero attached hydrogens (tertiary/aromatic N) is 1. The first kappa shape index (κ1) is 12.0. The number of para-hydroxylation sites is 1. The zero-order valence-electron chi connectivity index (χ0n) is 11.3. The zero-order valence-corrected chi connectivity index (χ0v) is 11.3. The van der Waals surface area contributed by atoms with E-state index in [1.165, 1.54) is 23.2 Å². The van der Waals surface area contributed by atoms with Gasteiger partial charge in [-0.2, -0.15) is 0 Å². The van der Waals surface area contributed by atoms with Crippen LogP contribution in [0.15, 0.2) is 18.2 Å². The third kappa shape index (κ3) is 2.13. The van der Waals surface area contributed by atoms with Crippen LogP contribution in [-0.2, 0) is 4.74 Å². The molecule has 0 aliphatic carbocycles. The maximum atomic E-state index is 5.47. The molecule has 1 saturated heterocycles. The van der Waals surface area contributed by atoms with E-state index >= 15 is 0 Å². The Morgan fingerprint density at radius 1 is 1.28 bits per heavy atom. The molecule has 3 rings (SSSR count). The number of aryl methyl sites for hydroxylation is 1. The molecule has 0 bridgehead atoms. The minimum absolute atomic E-state index is 0.548. The summed E-state index contributed by atoms with van der Waals surface area (Å²) in [6.45, 7) is 8.34. The van der Waals surface area contributed by atoms with E-state index in [-0.39, 0.29) is 0 Å². The molecule has 3 heteroatoms. The predicted octanol–water partition coefficient (Wildman–Crippen LogP) is 2.57. The van der Waals surface area contributed by atoms with Gasteiger partial charge in [-0.3, -0.25) is 4.90 Å². The van der Waals surface area contributed by atoms with Gasteiger partial charge in [-0.05, 0) is 31.4 Å². The second kappa shape index (κ2) is 4.90. The molecule has 0 amide bonds. The van der Waals surface area contributed by atoms with E-state index in [9.17, 15) is 0 Å². The van der Waals surface area contributed by atoms with Crippen molar-refractivity contribution in [1.29, 1.82) is 0 Å². The Morgan fingerprint density at radius 2 is 2.06 bits per heavy atom. The van der Waals surface area contributed by atoms with Crippen LogP contribution in [0.2, 0.25) is 0 Å². The molecular weight excluding hydrogens is 224 g/mol. The highest BCUT2D eigenvalue weighted by atomic mass is 16.5. The van der Waals surface area contributed by atoms with Gasteiger partial charge in [-0.25, -0.2) is 0 Å². The molecule has 3 nitrogen and oxygen atoms in total. The van der Waals surface area contributed by atoms with Crippen molar-refractivity contribution in [3.05, 3.63) is 29.3 Å². The molecule has 2 aliphatic heterocycles. The van der Waals surface area contributed by atoms with Gasteiger partial charge in [0.1, 0.15) is 0 Å². The summed E-state index contributed by atoms with van der Waals surface area (Å²) in [5.74, 6) is 0. The predicted molar refractivity (Wildman–Crippen MR) is 74.0 cm³/mol. The zero-order chi connectivity index (χ0) is 12.5. The van der Waals surface area contributed by atoms with Gasteiger partial charge >= 0.3 is 0 Å². The van der Waals surface area contributed by atoms with Crippen LogP contribution in [0, 0.1) is 6.92 Å². The lowest BCUT2D eigenvalue weighted by molar-refractivity contribution is 0.0127. The minimum atomic E-state index is 0.548. The van der Waals surface area contributed by atoms with Gasteiger partial charge in [0.2, 0.25) is 0 Å². The van der Waals surface area contributed by atoms with Crippen molar-refractivity contribution in [2.45, 2.75) is 32.4 Å².